The number of amides is 2. The normalized spacial score (nSPS) is 14.7. The molecule has 0 fully saturated rings. The maximum Gasteiger partial charge on any atom is 0.234 e. The van der Waals surface area contributed by atoms with Gasteiger partial charge in [-0.2, -0.15) is 0 Å². The second-order valence-electron chi connectivity index (χ2n) is 6.72. The first-order valence-corrected chi connectivity index (χ1v) is 11.6. The number of carbonyl (C=O) groups is 2. The van der Waals surface area contributed by atoms with Crippen molar-refractivity contribution in [2.24, 2.45) is 5.92 Å². The number of hydrogen-bond donors (Lipinski definition) is 2. The van der Waals surface area contributed by atoms with Gasteiger partial charge in [0.1, 0.15) is 0 Å². The van der Waals surface area contributed by atoms with E-state index in [1.807, 2.05) is 25.1 Å². The molecule has 0 aliphatic carbocycles. The maximum atomic E-state index is 12.8. The SMILES string of the molecule is CCc1cccc(NC(=O)C(C)CS(=O)(=O)c2ccc3c(c2)NC(=O)CS3)c1. The minimum atomic E-state index is -3.68. The number of benzene rings is 2. The molecule has 2 amide bonds. The van der Waals surface area contributed by atoms with Crippen molar-refractivity contribution in [3.05, 3.63) is 48.0 Å². The molecular formula is C20H22N2O4S2. The van der Waals surface area contributed by atoms with E-state index in [9.17, 15) is 18.0 Å². The van der Waals surface area contributed by atoms with Crippen LogP contribution in [-0.2, 0) is 25.8 Å². The van der Waals surface area contributed by atoms with Crippen LogP contribution in [0.15, 0.2) is 52.3 Å². The van der Waals surface area contributed by atoms with Crippen molar-refractivity contribution in [3.8, 4) is 0 Å². The number of sulfone groups is 1. The highest BCUT2D eigenvalue weighted by molar-refractivity contribution is 8.00. The van der Waals surface area contributed by atoms with Crippen LogP contribution < -0.4 is 10.6 Å². The van der Waals surface area contributed by atoms with Crippen molar-refractivity contribution in [1.29, 1.82) is 0 Å². The van der Waals surface area contributed by atoms with Crippen molar-refractivity contribution in [2.75, 3.05) is 22.1 Å². The van der Waals surface area contributed by atoms with E-state index in [4.69, 9.17) is 0 Å². The van der Waals surface area contributed by atoms with Gasteiger partial charge in [0.25, 0.3) is 0 Å². The van der Waals surface area contributed by atoms with Crippen molar-refractivity contribution in [2.45, 2.75) is 30.1 Å². The fraction of sp³-hybridized carbons (Fsp3) is 0.300. The van der Waals surface area contributed by atoms with Gasteiger partial charge in [-0.25, -0.2) is 8.42 Å². The number of aryl methyl sites for hydroxylation is 1. The van der Waals surface area contributed by atoms with Gasteiger partial charge in [0.15, 0.2) is 9.84 Å². The summed E-state index contributed by atoms with van der Waals surface area (Å²) in [5, 5.41) is 5.47. The third-order valence-electron chi connectivity index (χ3n) is 4.46. The van der Waals surface area contributed by atoms with Crippen LogP contribution in [0, 0.1) is 5.92 Å². The Morgan fingerprint density at radius 3 is 2.79 bits per heavy atom. The lowest BCUT2D eigenvalue weighted by Gasteiger charge is -2.18. The zero-order valence-corrected chi connectivity index (χ0v) is 17.3. The van der Waals surface area contributed by atoms with E-state index >= 15 is 0 Å². The summed E-state index contributed by atoms with van der Waals surface area (Å²) in [6.07, 6.45) is 0.848. The molecule has 0 radical (unpaired) electrons. The fourth-order valence-corrected chi connectivity index (χ4v) is 5.25. The van der Waals surface area contributed by atoms with Gasteiger partial charge in [-0.3, -0.25) is 9.59 Å². The Hall–Kier alpha value is -2.32. The van der Waals surface area contributed by atoms with Crippen molar-refractivity contribution >= 4 is 44.8 Å². The molecule has 2 aromatic rings. The molecule has 2 N–H and O–H groups in total. The van der Waals surface area contributed by atoms with Crippen molar-refractivity contribution in [1.82, 2.24) is 0 Å². The lowest BCUT2D eigenvalue weighted by molar-refractivity contribution is -0.118. The van der Waals surface area contributed by atoms with Crippen LogP contribution in [0.5, 0.6) is 0 Å². The second kappa shape index (κ2) is 8.36. The van der Waals surface area contributed by atoms with Crippen LogP contribution in [0.25, 0.3) is 0 Å². The quantitative estimate of drug-likeness (QED) is 0.751. The molecule has 0 bridgehead atoms. The zero-order valence-electron chi connectivity index (χ0n) is 15.7. The molecular weight excluding hydrogens is 396 g/mol. The van der Waals surface area contributed by atoms with E-state index in [0.717, 1.165) is 16.9 Å². The molecule has 8 heteroatoms. The predicted molar refractivity (Wildman–Crippen MR) is 111 cm³/mol. The number of carbonyl (C=O) groups excluding carboxylic acids is 2. The van der Waals surface area contributed by atoms with Gasteiger partial charge in [-0.05, 0) is 42.3 Å². The van der Waals surface area contributed by atoms with E-state index in [1.165, 1.54) is 23.9 Å². The second-order valence-corrected chi connectivity index (χ2v) is 9.77. The first kappa shape index (κ1) is 20.4. The topological polar surface area (TPSA) is 92.3 Å². The Morgan fingerprint density at radius 1 is 1.25 bits per heavy atom. The van der Waals surface area contributed by atoms with Gasteiger partial charge in [0.05, 0.1) is 22.1 Å². The van der Waals surface area contributed by atoms with Crippen LogP contribution in [0.1, 0.15) is 19.4 Å². The van der Waals surface area contributed by atoms with Gasteiger partial charge < -0.3 is 10.6 Å². The molecule has 0 saturated carbocycles. The summed E-state index contributed by atoms with van der Waals surface area (Å²) < 4.78 is 25.5. The van der Waals surface area contributed by atoms with E-state index in [2.05, 4.69) is 10.6 Å². The highest BCUT2D eigenvalue weighted by atomic mass is 32.2. The Balaban J connectivity index is 1.71. The van der Waals surface area contributed by atoms with Crippen LogP contribution in [0.3, 0.4) is 0 Å². The highest BCUT2D eigenvalue weighted by Crippen LogP contribution is 2.33. The molecule has 0 saturated heterocycles. The van der Waals surface area contributed by atoms with Gasteiger partial charge in [-0.15, -0.1) is 11.8 Å². The van der Waals surface area contributed by atoms with E-state index in [0.29, 0.717) is 17.1 Å². The van der Waals surface area contributed by atoms with Gasteiger partial charge >= 0.3 is 0 Å². The number of thioether (sulfide) groups is 1. The fourth-order valence-electron chi connectivity index (χ4n) is 2.89. The molecule has 1 heterocycles. The first-order valence-electron chi connectivity index (χ1n) is 8.98. The molecule has 1 unspecified atom stereocenters. The summed E-state index contributed by atoms with van der Waals surface area (Å²) in [5.74, 6) is -1.23. The third kappa shape index (κ3) is 4.74. The molecule has 28 heavy (non-hydrogen) atoms. The highest BCUT2D eigenvalue weighted by Gasteiger charge is 2.25. The molecule has 1 aliphatic heterocycles. The molecule has 0 aromatic heterocycles. The predicted octanol–water partition coefficient (Wildman–Crippen LogP) is 3.34. The van der Waals surface area contributed by atoms with Gasteiger partial charge in [0.2, 0.25) is 11.8 Å². The van der Waals surface area contributed by atoms with Crippen LogP contribution in [-0.4, -0.2) is 31.7 Å². The summed E-state index contributed by atoms with van der Waals surface area (Å²) in [4.78, 5) is 24.9. The Kier molecular flexibility index (Phi) is 6.10. The molecule has 6 nitrogen and oxygen atoms in total. The van der Waals surface area contributed by atoms with E-state index < -0.39 is 15.8 Å². The average molecular weight is 419 g/mol. The Morgan fingerprint density at radius 2 is 2.04 bits per heavy atom. The molecule has 148 valence electrons. The molecule has 0 spiro atoms. The first-order chi connectivity index (χ1) is 13.3. The van der Waals surface area contributed by atoms with Crippen LogP contribution in [0.2, 0.25) is 0 Å². The summed E-state index contributed by atoms with van der Waals surface area (Å²) in [6, 6.07) is 12.2. The van der Waals surface area contributed by atoms with Crippen molar-refractivity contribution in [3.63, 3.8) is 0 Å². The van der Waals surface area contributed by atoms with E-state index in [-0.39, 0.29) is 22.5 Å². The Bertz CT molecular complexity index is 1020. The lowest BCUT2D eigenvalue weighted by atomic mass is 10.1. The van der Waals surface area contributed by atoms with Crippen LogP contribution in [0.4, 0.5) is 11.4 Å². The number of anilines is 2. The molecule has 2 aromatic carbocycles. The monoisotopic (exact) mass is 418 g/mol. The average Bonchev–Trinajstić information content (AvgIpc) is 2.67. The third-order valence-corrected chi connectivity index (χ3v) is 7.45. The summed E-state index contributed by atoms with van der Waals surface area (Å²) >= 11 is 1.37. The number of fused-ring (bicyclic) bond motifs is 1. The molecule has 1 atom stereocenters. The summed E-state index contributed by atoms with van der Waals surface area (Å²) in [6.45, 7) is 3.61. The van der Waals surface area contributed by atoms with Crippen LogP contribution >= 0.6 is 11.8 Å². The zero-order chi connectivity index (χ0) is 20.3. The van der Waals surface area contributed by atoms with E-state index in [1.54, 1.807) is 19.1 Å². The molecule has 1 aliphatic rings. The van der Waals surface area contributed by atoms with Gasteiger partial charge in [-0.1, -0.05) is 26.0 Å². The minimum Gasteiger partial charge on any atom is -0.326 e. The minimum absolute atomic E-state index is 0.0988. The number of nitrogens with one attached hydrogen (secondary N) is 2. The lowest BCUT2D eigenvalue weighted by Crippen LogP contribution is -2.27. The van der Waals surface area contributed by atoms with Gasteiger partial charge in [0, 0.05) is 16.5 Å². The largest absolute Gasteiger partial charge is 0.326 e. The number of rotatable bonds is 6. The van der Waals surface area contributed by atoms with Crippen molar-refractivity contribution < 1.29 is 18.0 Å². The number of hydrogen-bond acceptors (Lipinski definition) is 5. The maximum absolute atomic E-state index is 12.8. The molecule has 3 rings (SSSR count). The standard InChI is InChI=1S/C20H22N2O4S2/c1-3-14-5-4-6-15(9-14)21-20(24)13(2)12-28(25,26)16-7-8-18-17(10-16)22-19(23)11-27-18/h4-10,13H,3,11-12H2,1-2H3,(H,21,24)(H,22,23). The smallest absolute Gasteiger partial charge is 0.234 e. The summed E-state index contributed by atoms with van der Waals surface area (Å²) in [5.41, 5.74) is 2.24. The summed E-state index contributed by atoms with van der Waals surface area (Å²) in [7, 11) is -3.68. The Labute approximate surface area is 169 Å².